The summed E-state index contributed by atoms with van der Waals surface area (Å²) in [5.74, 6) is 1.16. The van der Waals surface area contributed by atoms with Crippen molar-refractivity contribution in [1.29, 1.82) is 0 Å². The van der Waals surface area contributed by atoms with E-state index in [1.54, 1.807) is 23.1 Å². The number of hydrogen-bond acceptors (Lipinski definition) is 5. The molecule has 0 spiro atoms. The molecule has 1 aromatic heterocycles. The Morgan fingerprint density at radius 1 is 1.38 bits per heavy atom. The highest BCUT2D eigenvalue weighted by molar-refractivity contribution is 7.99. The number of aliphatic hydroxyl groups excluding tert-OH is 1. The van der Waals surface area contributed by atoms with E-state index in [1.807, 2.05) is 36.6 Å². The molecule has 6 heteroatoms. The molecule has 0 saturated heterocycles. The van der Waals surface area contributed by atoms with E-state index >= 15 is 0 Å². The molecule has 1 amide bonds. The van der Waals surface area contributed by atoms with Crippen LogP contribution < -0.4 is 5.32 Å². The molecule has 0 aliphatic heterocycles. The van der Waals surface area contributed by atoms with Gasteiger partial charge in [-0.05, 0) is 31.0 Å². The number of carbonyl (C=O) groups excluding carboxylic acids is 1. The fourth-order valence-electron chi connectivity index (χ4n) is 1.80. The molecule has 0 atom stereocenters. The standard InChI is InChI=1S/C15H18N2O2S2/c1-11-16-14(9-21-11)8-20-10-15(19)17-13-4-2-12(3-5-13)6-7-18/h2-5,9,18H,6-8,10H2,1H3,(H,17,19). The number of thioether (sulfide) groups is 1. The first-order chi connectivity index (χ1) is 10.2. The van der Waals surface area contributed by atoms with Crippen LogP contribution in [-0.4, -0.2) is 28.4 Å². The molecule has 21 heavy (non-hydrogen) atoms. The van der Waals surface area contributed by atoms with Gasteiger partial charge in [-0.15, -0.1) is 23.1 Å². The third-order valence-corrected chi connectivity index (χ3v) is 4.58. The lowest BCUT2D eigenvalue weighted by Gasteiger charge is -2.06. The second kappa shape index (κ2) is 8.17. The summed E-state index contributed by atoms with van der Waals surface area (Å²) in [6, 6.07) is 7.54. The fourth-order valence-corrected chi connectivity index (χ4v) is 3.24. The minimum Gasteiger partial charge on any atom is -0.396 e. The number of rotatable bonds is 7. The zero-order chi connectivity index (χ0) is 15.1. The van der Waals surface area contributed by atoms with Crippen molar-refractivity contribution in [2.45, 2.75) is 19.1 Å². The zero-order valence-corrected chi connectivity index (χ0v) is 13.5. The first-order valence-corrected chi connectivity index (χ1v) is 8.69. The molecule has 112 valence electrons. The summed E-state index contributed by atoms with van der Waals surface area (Å²) in [7, 11) is 0. The summed E-state index contributed by atoms with van der Waals surface area (Å²) in [6.07, 6.45) is 0.636. The van der Waals surface area contributed by atoms with Gasteiger partial charge < -0.3 is 10.4 Å². The molecular formula is C15H18N2O2S2. The van der Waals surface area contributed by atoms with Crippen molar-refractivity contribution in [3.8, 4) is 0 Å². The number of carbonyl (C=O) groups is 1. The van der Waals surface area contributed by atoms with Gasteiger partial charge in [0.1, 0.15) is 0 Å². The Morgan fingerprint density at radius 3 is 2.76 bits per heavy atom. The summed E-state index contributed by atoms with van der Waals surface area (Å²) in [5.41, 5.74) is 2.87. The van der Waals surface area contributed by atoms with E-state index < -0.39 is 0 Å². The molecule has 0 aliphatic rings. The summed E-state index contributed by atoms with van der Waals surface area (Å²) >= 11 is 3.19. The smallest absolute Gasteiger partial charge is 0.234 e. The maximum atomic E-state index is 11.8. The van der Waals surface area contributed by atoms with Crippen LogP contribution >= 0.6 is 23.1 Å². The maximum Gasteiger partial charge on any atom is 0.234 e. The van der Waals surface area contributed by atoms with Crippen LogP contribution in [-0.2, 0) is 17.0 Å². The van der Waals surface area contributed by atoms with Crippen LogP contribution in [0.5, 0.6) is 0 Å². The molecule has 0 saturated carbocycles. The first kappa shape index (κ1) is 16.0. The SMILES string of the molecule is Cc1nc(CSCC(=O)Nc2ccc(CCO)cc2)cs1. The Balaban J connectivity index is 1.73. The van der Waals surface area contributed by atoms with Crippen LogP contribution in [0.3, 0.4) is 0 Å². The van der Waals surface area contributed by atoms with Gasteiger partial charge in [-0.3, -0.25) is 4.79 Å². The van der Waals surface area contributed by atoms with E-state index in [9.17, 15) is 4.79 Å². The van der Waals surface area contributed by atoms with Crippen LogP contribution in [0.1, 0.15) is 16.3 Å². The van der Waals surface area contributed by atoms with Gasteiger partial charge >= 0.3 is 0 Å². The van der Waals surface area contributed by atoms with Crippen LogP contribution in [0.25, 0.3) is 0 Å². The Bertz CT molecular complexity index is 582. The van der Waals surface area contributed by atoms with Crippen molar-refractivity contribution in [3.63, 3.8) is 0 Å². The van der Waals surface area contributed by atoms with Gasteiger partial charge in [-0.2, -0.15) is 0 Å². The number of nitrogens with one attached hydrogen (secondary N) is 1. The molecule has 0 fully saturated rings. The number of nitrogens with zero attached hydrogens (tertiary/aromatic N) is 1. The van der Waals surface area contributed by atoms with Gasteiger partial charge in [-0.1, -0.05) is 12.1 Å². The molecule has 4 nitrogen and oxygen atoms in total. The number of benzene rings is 1. The van der Waals surface area contributed by atoms with Crippen LogP contribution in [0, 0.1) is 6.92 Å². The van der Waals surface area contributed by atoms with Crippen molar-refractivity contribution in [2.24, 2.45) is 0 Å². The van der Waals surface area contributed by atoms with Crippen molar-refractivity contribution in [1.82, 2.24) is 4.98 Å². The summed E-state index contributed by atoms with van der Waals surface area (Å²) in [5, 5.41) is 14.8. The second-order valence-corrected chi connectivity index (χ2v) is 6.62. The van der Waals surface area contributed by atoms with Gasteiger partial charge in [-0.25, -0.2) is 4.98 Å². The highest BCUT2D eigenvalue weighted by Crippen LogP contribution is 2.16. The predicted octanol–water partition coefficient (Wildman–Crippen LogP) is 2.86. The predicted molar refractivity (Wildman–Crippen MR) is 88.9 cm³/mol. The Hall–Kier alpha value is -1.37. The van der Waals surface area contributed by atoms with Gasteiger partial charge in [0, 0.05) is 23.4 Å². The average molecular weight is 322 g/mol. The number of thiazole rings is 1. The molecule has 2 N–H and O–H groups in total. The quantitative estimate of drug-likeness (QED) is 0.823. The molecule has 0 unspecified atom stereocenters. The number of aromatic nitrogens is 1. The highest BCUT2D eigenvalue weighted by atomic mass is 32.2. The molecule has 0 bridgehead atoms. The van der Waals surface area contributed by atoms with Crippen molar-refractivity contribution in [3.05, 3.63) is 45.9 Å². The first-order valence-electron chi connectivity index (χ1n) is 6.66. The lowest BCUT2D eigenvalue weighted by molar-refractivity contribution is -0.113. The summed E-state index contributed by atoms with van der Waals surface area (Å²) in [6.45, 7) is 2.12. The van der Waals surface area contributed by atoms with E-state index in [0.29, 0.717) is 12.2 Å². The lowest BCUT2D eigenvalue weighted by Crippen LogP contribution is -2.14. The molecule has 1 aromatic carbocycles. The van der Waals surface area contributed by atoms with Crippen LogP contribution in [0.15, 0.2) is 29.6 Å². The van der Waals surface area contributed by atoms with Gasteiger partial charge in [0.2, 0.25) is 5.91 Å². The normalized spacial score (nSPS) is 10.6. The number of amides is 1. The van der Waals surface area contributed by atoms with Crippen molar-refractivity contribution >= 4 is 34.7 Å². The Kier molecular flexibility index (Phi) is 6.22. The number of anilines is 1. The third kappa shape index (κ3) is 5.49. The molecule has 1 heterocycles. The summed E-state index contributed by atoms with van der Waals surface area (Å²) < 4.78 is 0. The zero-order valence-electron chi connectivity index (χ0n) is 11.8. The van der Waals surface area contributed by atoms with Gasteiger partial charge in [0.05, 0.1) is 16.5 Å². The number of aliphatic hydroxyl groups is 1. The van der Waals surface area contributed by atoms with E-state index in [1.165, 1.54) is 0 Å². The molecule has 2 aromatic rings. The topological polar surface area (TPSA) is 62.2 Å². The Labute approximate surface area is 132 Å². The minimum absolute atomic E-state index is 0.0122. The molecular weight excluding hydrogens is 304 g/mol. The van der Waals surface area contributed by atoms with Crippen molar-refractivity contribution < 1.29 is 9.90 Å². The van der Waals surface area contributed by atoms with Gasteiger partial charge in [0.15, 0.2) is 0 Å². The van der Waals surface area contributed by atoms with E-state index in [-0.39, 0.29) is 12.5 Å². The van der Waals surface area contributed by atoms with Crippen LogP contribution in [0.4, 0.5) is 5.69 Å². The molecule has 2 rings (SSSR count). The molecule has 0 aliphatic carbocycles. The van der Waals surface area contributed by atoms with Crippen molar-refractivity contribution in [2.75, 3.05) is 17.7 Å². The van der Waals surface area contributed by atoms with Gasteiger partial charge in [0.25, 0.3) is 0 Å². The van der Waals surface area contributed by atoms with E-state index in [0.717, 1.165) is 27.7 Å². The third-order valence-electron chi connectivity index (χ3n) is 2.79. The minimum atomic E-state index is -0.0122. The highest BCUT2D eigenvalue weighted by Gasteiger charge is 2.04. The lowest BCUT2D eigenvalue weighted by atomic mass is 10.1. The number of hydrogen-bond donors (Lipinski definition) is 2. The largest absolute Gasteiger partial charge is 0.396 e. The summed E-state index contributed by atoms with van der Waals surface area (Å²) in [4.78, 5) is 16.2. The maximum absolute atomic E-state index is 11.8. The Morgan fingerprint density at radius 2 is 2.14 bits per heavy atom. The second-order valence-electron chi connectivity index (χ2n) is 4.57. The number of aryl methyl sites for hydroxylation is 1. The van der Waals surface area contributed by atoms with Crippen LogP contribution in [0.2, 0.25) is 0 Å². The molecule has 0 radical (unpaired) electrons. The fraction of sp³-hybridized carbons (Fsp3) is 0.333. The van der Waals surface area contributed by atoms with E-state index in [2.05, 4.69) is 10.3 Å². The average Bonchev–Trinajstić information content (AvgIpc) is 2.87. The monoisotopic (exact) mass is 322 g/mol. The van der Waals surface area contributed by atoms with E-state index in [4.69, 9.17) is 5.11 Å².